The second kappa shape index (κ2) is 10.3. The molecule has 0 aromatic heterocycles. The van der Waals surface area contributed by atoms with Gasteiger partial charge >= 0.3 is 0 Å². The normalized spacial score (nSPS) is 11.1. The van der Waals surface area contributed by atoms with E-state index in [1.165, 1.54) is 0 Å². The molecule has 0 unspecified atom stereocenters. The Labute approximate surface area is 206 Å². The highest BCUT2D eigenvalue weighted by atomic mass is 16.5. The fourth-order valence-corrected chi connectivity index (χ4v) is 4.01. The van der Waals surface area contributed by atoms with E-state index in [9.17, 15) is 5.11 Å². The van der Waals surface area contributed by atoms with Crippen molar-refractivity contribution >= 4 is 5.84 Å². The largest absolute Gasteiger partial charge is 0.507 e. The molecule has 0 aliphatic heterocycles. The molecule has 4 rings (SSSR count). The quantitative estimate of drug-likeness (QED) is 0.204. The van der Waals surface area contributed by atoms with E-state index in [0.29, 0.717) is 30.3 Å². The molecule has 4 aromatic carbocycles. The minimum absolute atomic E-state index is 0.0344. The smallest absolute Gasteiger partial charge is 0.123 e. The van der Waals surface area contributed by atoms with Gasteiger partial charge in [0.25, 0.3) is 0 Å². The Hall–Kier alpha value is -4.25. The lowest BCUT2D eigenvalue weighted by atomic mass is 9.78. The molecule has 0 bridgehead atoms. The lowest BCUT2D eigenvalue weighted by Gasteiger charge is -2.27. The first-order valence-electron chi connectivity index (χ1n) is 11.5. The Morgan fingerprint density at radius 1 is 0.771 bits per heavy atom. The molecule has 0 amide bonds. The summed E-state index contributed by atoms with van der Waals surface area (Å²) in [6, 6.07) is 30.8. The summed E-state index contributed by atoms with van der Waals surface area (Å²) >= 11 is 0. The topological polar surface area (TPSA) is 88.6 Å². The molecule has 5 nitrogen and oxygen atoms in total. The van der Waals surface area contributed by atoms with Gasteiger partial charge in [0, 0.05) is 22.6 Å². The van der Waals surface area contributed by atoms with E-state index in [1.54, 1.807) is 30.3 Å². The number of nitrogen functional groups attached to an aromatic ring is 1. The highest BCUT2D eigenvalue weighted by Gasteiger charge is 2.26. The molecule has 0 saturated carbocycles. The minimum atomic E-state index is -0.329. The van der Waals surface area contributed by atoms with Crippen molar-refractivity contribution in [1.29, 1.82) is 5.41 Å². The van der Waals surface area contributed by atoms with Gasteiger partial charge in [-0.3, -0.25) is 5.41 Å². The van der Waals surface area contributed by atoms with Crippen molar-refractivity contribution in [2.45, 2.75) is 32.5 Å². The van der Waals surface area contributed by atoms with Gasteiger partial charge in [-0.25, -0.2) is 0 Å². The zero-order valence-corrected chi connectivity index (χ0v) is 20.0. The maximum atomic E-state index is 10.7. The van der Waals surface area contributed by atoms with Gasteiger partial charge in [0.05, 0.1) is 0 Å². The second-order valence-corrected chi connectivity index (χ2v) is 9.01. The lowest BCUT2D eigenvalue weighted by molar-refractivity contribution is 0.298. The lowest BCUT2D eigenvalue weighted by Crippen LogP contribution is -2.18. The van der Waals surface area contributed by atoms with E-state index in [4.69, 9.17) is 20.6 Å². The van der Waals surface area contributed by atoms with E-state index in [-0.39, 0.29) is 17.0 Å². The van der Waals surface area contributed by atoms with Crippen molar-refractivity contribution in [2.24, 2.45) is 5.73 Å². The van der Waals surface area contributed by atoms with Crippen LogP contribution in [0.25, 0.3) is 0 Å². The van der Waals surface area contributed by atoms with Gasteiger partial charge in [0.2, 0.25) is 0 Å². The molecule has 0 spiro atoms. The average Bonchev–Trinajstić information content (AvgIpc) is 2.87. The van der Waals surface area contributed by atoms with Crippen molar-refractivity contribution in [3.05, 3.63) is 125 Å². The van der Waals surface area contributed by atoms with E-state index in [1.807, 2.05) is 54.6 Å². The van der Waals surface area contributed by atoms with Crippen molar-refractivity contribution in [1.82, 2.24) is 0 Å². The van der Waals surface area contributed by atoms with Gasteiger partial charge in [0.15, 0.2) is 0 Å². The Balaban J connectivity index is 1.38. The molecule has 0 aliphatic carbocycles. The Bertz CT molecular complexity index is 1300. The molecule has 35 heavy (non-hydrogen) atoms. The van der Waals surface area contributed by atoms with Gasteiger partial charge in [-0.2, -0.15) is 0 Å². The molecule has 5 heteroatoms. The Kier molecular flexibility index (Phi) is 7.06. The number of hydrogen-bond donors (Lipinski definition) is 3. The molecule has 0 radical (unpaired) electrons. The predicted octanol–water partition coefficient (Wildman–Crippen LogP) is 6.16. The number of amidine groups is 1. The maximum absolute atomic E-state index is 10.7. The van der Waals surface area contributed by atoms with Crippen LogP contribution in [0.4, 0.5) is 0 Å². The highest BCUT2D eigenvalue weighted by Crippen LogP contribution is 2.38. The first-order valence-corrected chi connectivity index (χ1v) is 11.5. The summed E-state index contributed by atoms with van der Waals surface area (Å²) in [5.74, 6) is 1.58. The summed E-state index contributed by atoms with van der Waals surface area (Å²) in [5, 5.41) is 18.2. The van der Waals surface area contributed by atoms with E-state index < -0.39 is 0 Å². The van der Waals surface area contributed by atoms with Crippen molar-refractivity contribution in [3.8, 4) is 17.2 Å². The van der Waals surface area contributed by atoms with Crippen LogP contribution in [0.3, 0.4) is 0 Å². The number of nitrogens with one attached hydrogen (secondary N) is 1. The number of benzene rings is 4. The van der Waals surface area contributed by atoms with Crippen LogP contribution in [0.15, 0.2) is 97.1 Å². The van der Waals surface area contributed by atoms with E-state index in [2.05, 4.69) is 26.0 Å². The molecule has 0 fully saturated rings. The van der Waals surface area contributed by atoms with Crippen LogP contribution in [0.1, 0.15) is 41.7 Å². The zero-order chi connectivity index (χ0) is 24.8. The molecule has 4 aromatic rings. The fraction of sp³-hybridized carbons (Fsp3) is 0.167. The zero-order valence-electron chi connectivity index (χ0n) is 20.0. The summed E-state index contributed by atoms with van der Waals surface area (Å²) < 4.78 is 11.8. The molecule has 0 heterocycles. The van der Waals surface area contributed by atoms with E-state index in [0.717, 1.165) is 22.3 Å². The number of aromatic hydroxyl groups is 1. The average molecular weight is 467 g/mol. The third-order valence-corrected chi connectivity index (χ3v) is 6.11. The first kappa shape index (κ1) is 23.9. The Morgan fingerprint density at radius 3 is 1.97 bits per heavy atom. The Morgan fingerprint density at radius 2 is 1.37 bits per heavy atom. The summed E-state index contributed by atoms with van der Waals surface area (Å²) in [7, 11) is 0. The van der Waals surface area contributed by atoms with Gasteiger partial charge in [0.1, 0.15) is 36.3 Å². The number of hydrogen-bond acceptors (Lipinski definition) is 4. The molecule has 178 valence electrons. The van der Waals surface area contributed by atoms with Crippen LogP contribution in [0.5, 0.6) is 17.2 Å². The van der Waals surface area contributed by atoms with Gasteiger partial charge in [-0.15, -0.1) is 0 Å². The van der Waals surface area contributed by atoms with Crippen molar-refractivity contribution in [2.75, 3.05) is 0 Å². The predicted molar refractivity (Wildman–Crippen MR) is 139 cm³/mol. The SMILES string of the molecule is CC(C)(c1ccccc1)c1ccc(OCc2cccc(COc3ccc(C(=N)N)cc3)c2)cc1O. The summed E-state index contributed by atoms with van der Waals surface area (Å²) in [6.07, 6.45) is 0. The van der Waals surface area contributed by atoms with Gasteiger partial charge in [-0.05, 0) is 53.1 Å². The molecule has 0 saturated heterocycles. The number of phenols is 1. The van der Waals surface area contributed by atoms with Crippen LogP contribution in [-0.4, -0.2) is 10.9 Å². The van der Waals surface area contributed by atoms with E-state index >= 15 is 0 Å². The van der Waals surface area contributed by atoms with Crippen LogP contribution in [0, 0.1) is 5.41 Å². The van der Waals surface area contributed by atoms with Crippen LogP contribution in [0.2, 0.25) is 0 Å². The summed E-state index contributed by atoms with van der Waals surface area (Å²) in [6.45, 7) is 4.99. The van der Waals surface area contributed by atoms with Crippen LogP contribution < -0.4 is 15.2 Å². The van der Waals surface area contributed by atoms with Crippen LogP contribution >= 0.6 is 0 Å². The third kappa shape index (κ3) is 5.82. The molecular formula is C30H30N2O3. The molecule has 0 aliphatic rings. The number of rotatable bonds is 9. The standard InChI is InChI=1S/C30H30N2O3/c1-30(2,24-9-4-3-5-10-24)27-16-15-26(18-28(27)33)35-20-22-8-6-7-21(17-22)19-34-25-13-11-23(12-14-25)29(31)32/h3-18,33H,19-20H2,1-2H3,(H3,31,32). The second-order valence-electron chi connectivity index (χ2n) is 9.01. The van der Waals surface area contributed by atoms with Crippen LogP contribution in [-0.2, 0) is 18.6 Å². The van der Waals surface area contributed by atoms with Gasteiger partial charge < -0.3 is 20.3 Å². The minimum Gasteiger partial charge on any atom is -0.507 e. The number of nitrogens with two attached hydrogens (primary N) is 1. The summed E-state index contributed by atoms with van der Waals surface area (Å²) in [4.78, 5) is 0. The molecular weight excluding hydrogens is 436 g/mol. The maximum Gasteiger partial charge on any atom is 0.123 e. The monoisotopic (exact) mass is 466 g/mol. The molecule has 4 N–H and O–H groups in total. The van der Waals surface area contributed by atoms with Crippen molar-refractivity contribution < 1.29 is 14.6 Å². The molecule has 0 atom stereocenters. The number of ether oxygens (including phenoxy) is 2. The number of phenolic OH excluding ortho intramolecular Hbond substituents is 1. The first-order chi connectivity index (χ1) is 16.8. The van der Waals surface area contributed by atoms with Gasteiger partial charge in [-0.1, -0.05) is 68.4 Å². The van der Waals surface area contributed by atoms with Crippen molar-refractivity contribution in [3.63, 3.8) is 0 Å². The third-order valence-electron chi connectivity index (χ3n) is 6.11. The highest BCUT2D eigenvalue weighted by molar-refractivity contribution is 5.94. The fourth-order valence-electron chi connectivity index (χ4n) is 4.01. The summed E-state index contributed by atoms with van der Waals surface area (Å²) in [5.41, 5.74) is 9.84.